The Bertz CT molecular complexity index is 345. The third-order valence-electron chi connectivity index (χ3n) is 2.87. The van der Waals surface area contributed by atoms with Gasteiger partial charge in [0, 0.05) is 6.54 Å². The molecule has 0 saturated carbocycles. The summed E-state index contributed by atoms with van der Waals surface area (Å²) in [6, 6.07) is 7.49. The van der Waals surface area contributed by atoms with Crippen molar-refractivity contribution < 1.29 is 9.94 Å². The number of nitrogens with zero attached hydrogens (tertiary/aromatic N) is 2. The highest BCUT2D eigenvalue weighted by molar-refractivity contribution is 5.79. The summed E-state index contributed by atoms with van der Waals surface area (Å²) in [5, 5.41) is 11.4. The zero-order chi connectivity index (χ0) is 13.2. The molecule has 0 unspecified atom stereocenters. The third kappa shape index (κ3) is 5.19. The summed E-state index contributed by atoms with van der Waals surface area (Å²) in [6.45, 7) is 8.32. The second kappa shape index (κ2) is 8.53. The fourth-order valence-electron chi connectivity index (χ4n) is 1.73. The number of oxime groups is 1. The number of ether oxygens (including phenoxy) is 1. The average molecular weight is 250 g/mol. The minimum atomic E-state index is 0.726. The van der Waals surface area contributed by atoms with Gasteiger partial charge in [-0.05, 0) is 49.3 Å². The van der Waals surface area contributed by atoms with Crippen LogP contribution in [0.5, 0.6) is 5.75 Å². The van der Waals surface area contributed by atoms with Crippen molar-refractivity contribution in [2.75, 3.05) is 26.2 Å². The van der Waals surface area contributed by atoms with Crippen LogP contribution >= 0.6 is 0 Å². The van der Waals surface area contributed by atoms with Gasteiger partial charge in [-0.25, -0.2) is 0 Å². The zero-order valence-electron chi connectivity index (χ0n) is 11.2. The second-order valence-corrected chi connectivity index (χ2v) is 4.04. The molecule has 4 heteroatoms. The van der Waals surface area contributed by atoms with Crippen molar-refractivity contribution in [3.05, 3.63) is 29.8 Å². The number of benzene rings is 1. The molecule has 0 saturated heterocycles. The Kier molecular flexibility index (Phi) is 6.87. The molecule has 0 atom stereocenters. The molecule has 0 heterocycles. The lowest BCUT2D eigenvalue weighted by molar-refractivity contribution is 0.249. The van der Waals surface area contributed by atoms with Crippen LogP contribution in [0.4, 0.5) is 0 Å². The van der Waals surface area contributed by atoms with Crippen molar-refractivity contribution in [2.45, 2.75) is 20.3 Å². The van der Waals surface area contributed by atoms with Crippen LogP contribution in [-0.2, 0) is 0 Å². The lowest BCUT2D eigenvalue weighted by atomic mass is 10.2. The first kappa shape index (κ1) is 14.5. The van der Waals surface area contributed by atoms with Crippen molar-refractivity contribution >= 4 is 6.21 Å². The van der Waals surface area contributed by atoms with Crippen LogP contribution < -0.4 is 4.74 Å². The molecule has 18 heavy (non-hydrogen) atoms. The molecule has 0 bridgehead atoms. The minimum Gasteiger partial charge on any atom is -0.494 e. The van der Waals surface area contributed by atoms with Crippen LogP contribution in [0.15, 0.2) is 29.4 Å². The molecule has 1 N–H and O–H groups in total. The predicted octanol–water partition coefficient (Wildman–Crippen LogP) is 2.61. The molecule has 100 valence electrons. The van der Waals surface area contributed by atoms with Gasteiger partial charge in [0.15, 0.2) is 0 Å². The van der Waals surface area contributed by atoms with E-state index in [1.54, 1.807) is 0 Å². The standard InChI is InChI=1S/C14H22N2O2/c1-3-16(4-2)10-5-11-18-14-8-6-13(7-9-14)12-15-17/h6-9,12,17H,3-5,10-11H2,1-2H3/b15-12+. The molecule has 0 radical (unpaired) electrons. The van der Waals surface area contributed by atoms with Gasteiger partial charge >= 0.3 is 0 Å². The number of hydrogen-bond donors (Lipinski definition) is 1. The van der Waals surface area contributed by atoms with E-state index in [9.17, 15) is 0 Å². The fourth-order valence-corrected chi connectivity index (χ4v) is 1.73. The molecule has 0 spiro atoms. The van der Waals surface area contributed by atoms with Crippen LogP contribution in [0.25, 0.3) is 0 Å². The second-order valence-electron chi connectivity index (χ2n) is 4.04. The topological polar surface area (TPSA) is 45.1 Å². The van der Waals surface area contributed by atoms with Gasteiger partial charge in [-0.1, -0.05) is 19.0 Å². The maximum absolute atomic E-state index is 8.39. The van der Waals surface area contributed by atoms with Crippen LogP contribution in [0, 0.1) is 0 Å². The van der Waals surface area contributed by atoms with Crippen LogP contribution in [0.1, 0.15) is 25.8 Å². The Morgan fingerprint density at radius 2 is 1.89 bits per heavy atom. The molecule has 0 aliphatic rings. The molecule has 1 aromatic rings. The zero-order valence-corrected chi connectivity index (χ0v) is 11.2. The molecule has 0 amide bonds. The Balaban J connectivity index is 2.27. The molecular formula is C14H22N2O2. The van der Waals surface area contributed by atoms with Crippen molar-refractivity contribution in [1.29, 1.82) is 0 Å². The van der Waals surface area contributed by atoms with Gasteiger partial charge in [-0.3, -0.25) is 0 Å². The SMILES string of the molecule is CCN(CC)CCCOc1ccc(/C=N/O)cc1. The predicted molar refractivity (Wildman–Crippen MR) is 73.7 cm³/mol. The summed E-state index contributed by atoms with van der Waals surface area (Å²) in [7, 11) is 0. The molecule has 0 aliphatic heterocycles. The lowest BCUT2D eigenvalue weighted by Gasteiger charge is -2.17. The quantitative estimate of drug-likeness (QED) is 0.334. The Morgan fingerprint density at radius 3 is 2.44 bits per heavy atom. The van der Waals surface area contributed by atoms with Gasteiger partial charge < -0.3 is 14.8 Å². The lowest BCUT2D eigenvalue weighted by Crippen LogP contribution is -2.25. The van der Waals surface area contributed by atoms with Gasteiger partial charge in [0.25, 0.3) is 0 Å². The molecule has 0 aliphatic carbocycles. The smallest absolute Gasteiger partial charge is 0.119 e. The maximum Gasteiger partial charge on any atom is 0.119 e. The summed E-state index contributed by atoms with van der Waals surface area (Å²) in [4.78, 5) is 2.38. The Hall–Kier alpha value is -1.55. The van der Waals surface area contributed by atoms with Crippen molar-refractivity contribution in [2.24, 2.45) is 5.16 Å². The van der Waals surface area contributed by atoms with E-state index < -0.39 is 0 Å². The van der Waals surface area contributed by atoms with E-state index in [-0.39, 0.29) is 0 Å². The average Bonchev–Trinajstić information content (AvgIpc) is 2.41. The first-order chi connectivity index (χ1) is 8.80. The van der Waals surface area contributed by atoms with E-state index in [1.807, 2.05) is 24.3 Å². The summed E-state index contributed by atoms with van der Waals surface area (Å²) in [5.74, 6) is 0.852. The largest absolute Gasteiger partial charge is 0.494 e. The Morgan fingerprint density at radius 1 is 1.22 bits per heavy atom. The molecule has 1 aromatic carbocycles. The van der Waals surface area contributed by atoms with Gasteiger partial charge in [0.2, 0.25) is 0 Å². The molecular weight excluding hydrogens is 228 g/mol. The molecule has 1 rings (SSSR count). The summed E-state index contributed by atoms with van der Waals surface area (Å²) >= 11 is 0. The molecule has 4 nitrogen and oxygen atoms in total. The van der Waals surface area contributed by atoms with Crippen molar-refractivity contribution in [3.63, 3.8) is 0 Å². The van der Waals surface area contributed by atoms with Gasteiger partial charge in [-0.2, -0.15) is 0 Å². The molecule has 0 aromatic heterocycles. The van der Waals surface area contributed by atoms with E-state index in [0.717, 1.165) is 44.0 Å². The van der Waals surface area contributed by atoms with E-state index in [1.165, 1.54) is 6.21 Å². The highest BCUT2D eigenvalue weighted by Gasteiger charge is 1.99. The van der Waals surface area contributed by atoms with E-state index in [4.69, 9.17) is 9.94 Å². The van der Waals surface area contributed by atoms with Crippen molar-refractivity contribution in [3.8, 4) is 5.75 Å². The summed E-state index contributed by atoms with van der Waals surface area (Å²) in [6.07, 6.45) is 2.42. The monoisotopic (exact) mass is 250 g/mol. The van der Waals surface area contributed by atoms with Gasteiger partial charge in [0.05, 0.1) is 12.8 Å². The van der Waals surface area contributed by atoms with Crippen LogP contribution in [0.2, 0.25) is 0 Å². The van der Waals surface area contributed by atoms with Crippen molar-refractivity contribution in [1.82, 2.24) is 4.90 Å². The summed E-state index contributed by atoms with van der Waals surface area (Å²) in [5.41, 5.74) is 0.855. The normalized spacial score (nSPS) is 11.3. The Labute approximate surface area is 109 Å². The minimum absolute atomic E-state index is 0.726. The van der Waals surface area contributed by atoms with Crippen LogP contribution in [0.3, 0.4) is 0 Å². The first-order valence-electron chi connectivity index (χ1n) is 6.42. The van der Waals surface area contributed by atoms with E-state index in [0.29, 0.717) is 0 Å². The number of hydrogen-bond acceptors (Lipinski definition) is 4. The summed E-state index contributed by atoms with van der Waals surface area (Å²) < 4.78 is 5.64. The molecule has 0 fully saturated rings. The first-order valence-corrected chi connectivity index (χ1v) is 6.42. The van der Waals surface area contributed by atoms with Crippen LogP contribution in [-0.4, -0.2) is 42.6 Å². The van der Waals surface area contributed by atoms with Gasteiger partial charge in [-0.15, -0.1) is 0 Å². The maximum atomic E-state index is 8.39. The third-order valence-corrected chi connectivity index (χ3v) is 2.87. The van der Waals surface area contributed by atoms with E-state index in [2.05, 4.69) is 23.9 Å². The van der Waals surface area contributed by atoms with E-state index >= 15 is 0 Å². The highest BCUT2D eigenvalue weighted by Crippen LogP contribution is 2.11. The van der Waals surface area contributed by atoms with Gasteiger partial charge in [0.1, 0.15) is 5.75 Å². The number of rotatable bonds is 8. The fraction of sp³-hybridized carbons (Fsp3) is 0.500. The highest BCUT2D eigenvalue weighted by atomic mass is 16.5.